The molecule has 1 unspecified atom stereocenters. The second-order valence-electron chi connectivity index (χ2n) is 6.08. The van der Waals surface area contributed by atoms with Crippen LogP contribution >= 0.6 is 0 Å². The van der Waals surface area contributed by atoms with Gasteiger partial charge in [0.1, 0.15) is 17.5 Å². The maximum atomic E-state index is 5.63. The lowest BCUT2D eigenvalue weighted by molar-refractivity contribution is 0.0398. The average Bonchev–Trinajstić information content (AvgIpc) is 3.07. The van der Waals surface area contributed by atoms with Crippen molar-refractivity contribution in [2.45, 2.75) is 25.9 Å². The molecule has 0 aromatic carbocycles. The number of aryl methyl sites for hydroxylation is 1. The highest BCUT2D eigenvalue weighted by Crippen LogP contribution is 2.15. The van der Waals surface area contributed by atoms with Gasteiger partial charge in [-0.3, -0.25) is 4.90 Å². The molecular formula is C16H27N5O2. The lowest BCUT2D eigenvalue weighted by Gasteiger charge is -2.26. The number of aromatic nitrogens is 2. The fourth-order valence-corrected chi connectivity index (χ4v) is 2.94. The van der Waals surface area contributed by atoms with E-state index in [1.54, 1.807) is 0 Å². The van der Waals surface area contributed by atoms with Gasteiger partial charge in [0.2, 0.25) is 0 Å². The second-order valence-corrected chi connectivity index (χ2v) is 6.08. The van der Waals surface area contributed by atoms with Crippen molar-refractivity contribution in [3.05, 3.63) is 11.9 Å². The summed E-state index contributed by atoms with van der Waals surface area (Å²) in [5.41, 5.74) is 0. The topological polar surface area (TPSA) is 71.5 Å². The summed E-state index contributed by atoms with van der Waals surface area (Å²) in [6.07, 6.45) is 2.59. The van der Waals surface area contributed by atoms with E-state index in [-0.39, 0.29) is 0 Å². The molecule has 23 heavy (non-hydrogen) atoms. The monoisotopic (exact) mass is 321 g/mol. The Kier molecular flexibility index (Phi) is 6.01. The molecular weight excluding hydrogens is 294 g/mol. The van der Waals surface area contributed by atoms with E-state index in [2.05, 4.69) is 25.5 Å². The number of morpholine rings is 1. The van der Waals surface area contributed by atoms with Crippen LogP contribution in [0.5, 0.6) is 0 Å². The molecule has 128 valence electrons. The van der Waals surface area contributed by atoms with Crippen LogP contribution in [0, 0.1) is 6.92 Å². The lowest BCUT2D eigenvalue weighted by Crippen LogP contribution is -2.39. The summed E-state index contributed by atoms with van der Waals surface area (Å²) in [4.78, 5) is 11.3. The zero-order valence-electron chi connectivity index (χ0n) is 13.9. The number of anilines is 2. The predicted molar refractivity (Wildman–Crippen MR) is 90.0 cm³/mol. The van der Waals surface area contributed by atoms with Gasteiger partial charge in [-0.15, -0.1) is 0 Å². The SMILES string of the molecule is Cc1nc(NCCN2CCOCC2)cc(NCC2CCCO2)n1. The van der Waals surface area contributed by atoms with Crippen molar-refractivity contribution in [1.29, 1.82) is 0 Å². The third-order valence-corrected chi connectivity index (χ3v) is 4.21. The number of hydrogen-bond acceptors (Lipinski definition) is 7. The highest BCUT2D eigenvalue weighted by Gasteiger charge is 2.15. The zero-order chi connectivity index (χ0) is 15.9. The third-order valence-electron chi connectivity index (χ3n) is 4.21. The van der Waals surface area contributed by atoms with Gasteiger partial charge in [0.05, 0.1) is 19.3 Å². The average molecular weight is 321 g/mol. The first-order valence-corrected chi connectivity index (χ1v) is 8.55. The number of nitrogens with one attached hydrogen (secondary N) is 2. The Morgan fingerprint density at radius 3 is 2.70 bits per heavy atom. The van der Waals surface area contributed by atoms with E-state index < -0.39 is 0 Å². The molecule has 1 aromatic heterocycles. The van der Waals surface area contributed by atoms with E-state index in [0.29, 0.717) is 6.10 Å². The van der Waals surface area contributed by atoms with Crippen LogP contribution in [0.25, 0.3) is 0 Å². The number of ether oxygens (including phenoxy) is 2. The van der Waals surface area contributed by atoms with E-state index >= 15 is 0 Å². The van der Waals surface area contributed by atoms with Crippen LogP contribution in [-0.4, -0.2) is 73.5 Å². The van der Waals surface area contributed by atoms with Crippen molar-refractivity contribution >= 4 is 11.6 Å². The van der Waals surface area contributed by atoms with E-state index in [1.807, 2.05) is 13.0 Å². The largest absolute Gasteiger partial charge is 0.379 e. The Labute approximate surface area is 137 Å². The molecule has 2 aliphatic rings. The minimum Gasteiger partial charge on any atom is -0.379 e. The molecule has 2 N–H and O–H groups in total. The molecule has 3 heterocycles. The fraction of sp³-hybridized carbons (Fsp3) is 0.750. The van der Waals surface area contributed by atoms with Gasteiger partial charge < -0.3 is 20.1 Å². The molecule has 7 nitrogen and oxygen atoms in total. The van der Waals surface area contributed by atoms with Gasteiger partial charge in [0, 0.05) is 45.4 Å². The quantitative estimate of drug-likeness (QED) is 0.780. The summed E-state index contributed by atoms with van der Waals surface area (Å²) in [6, 6.07) is 1.97. The lowest BCUT2D eigenvalue weighted by atomic mass is 10.2. The van der Waals surface area contributed by atoms with Crippen molar-refractivity contribution in [3.63, 3.8) is 0 Å². The first-order valence-electron chi connectivity index (χ1n) is 8.55. The van der Waals surface area contributed by atoms with Crippen molar-refractivity contribution in [3.8, 4) is 0 Å². The van der Waals surface area contributed by atoms with Gasteiger partial charge in [-0.1, -0.05) is 0 Å². The Bertz CT molecular complexity index is 487. The molecule has 7 heteroatoms. The van der Waals surface area contributed by atoms with E-state index in [4.69, 9.17) is 9.47 Å². The molecule has 1 atom stereocenters. The highest BCUT2D eigenvalue weighted by molar-refractivity contribution is 5.47. The van der Waals surface area contributed by atoms with Gasteiger partial charge in [0.15, 0.2) is 0 Å². The summed E-state index contributed by atoms with van der Waals surface area (Å²) in [7, 11) is 0. The highest BCUT2D eigenvalue weighted by atomic mass is 16.5. The van der Waals surface area contributed by atoms with Gasteiger partial charge >= 0.3 is 0 Å². The Balaban J connectivity index is 1.46. The molecule has 0 bridgehead atoms. The number of nitrogens with zero attached hydrogens (tertiary/aromatic N) is 3. The van der Waals surface area contributed by atoms with Crippen LogP contribution in [0.2, 0.25) is 0 Å². The van der Waals surface area contributed by atoms with Crippen LogP contribution < -0.4 is 10.6 Å². The number of hydrogen-bond donors (Lipinski definition) is 2. The van der Waals surface area contributed by atoms with Crippen molar-refractivity contribution < 1.29 is 9.47 Å². The molecule has 2 fully saturated rings. The molecule has 3 rings (SSSR count). The smallest absolute Gasteiger partial charge is 0.131 e. The summed E-state index contributed by atoms with van der Waals surface area (Å²) in [5.74, 6) is 2.51. The minimum atomic E-state index is 0.308. The predicted octanol–water partition coefficient (Wildman–Crippen LogP) is 1.12. The normalized spacial score (nSPS) is 22.2. The Morgan fingerprint density at radius 1 is 1.17 bits per heavy atom. The Morgan fingerprint density at radius 2 is 1.96 bits per heavy atom. The summed E-state index contributed by atoms with van der Waals surface area (Å²) >= 11 is 0. The maximum absolute atomic E-state index is 5.63. The fourth-order valence-electron chi connectivity index (χ4n) is 2.94. The third kappa shape index (κ3) is 5.30. The number of rotatable bonds is 7. The minimum absolute atomic E-state index is 0.308. The van der Waals surface area contributed by atoms with Crippen LogP contribution in [0.4, 0.5) is 11.6 Å². The first-order chi connectivity index (χ1) is 11.3. The summed E-state index contributed by atoms with van der Waals surface area (Å²) in [5, 5.41) is 6.76. The van der Waals surface area contributed by atoms with Gasteiger partial charge in [-0.2, -0.15) is 0 Å². The van der Waals surface area contributed by atoms with Crippen molar-refractivity contribution in [2.24, 2.45) is 0 Å². The van der Waals surface area contributed by atoms with Crippen molar-refractivity contribution in [1.82, 2.24) is 14.9 Å². The molecule has 2 saturated heterocycles. The van der Waals surface area contributed by atoms with Gasteiger partial charge in [-0.05, 0) is 19.8 Å². The summed E-state index contributed by atoms with van der Waals surface area (Å²) < 4.78 is 11.0. The summed E-state index contributed by atoms with van der Waals surface area (Å²) in [6.45, 7) is 9.19. The molecule has 0 spiro atoms. The maximum Gasteiger partial charge on any atom is 0.131 e. The second kappa shape index (κ2) is 8.42. The molecule has 0 aliphatic carbocycles. The first kappa shape index (κ1) is 16.4. The van der Waals surface area contributed by atoms with Crippen LogP contribution in [0.15, 0.2) is 6.07 Å². The molecule has 0 radical (unpaired) electrons. The van der Waals surface area contributed by atoms with E-state index in [1.165, 1.54) is 0 Å². The molecule has 1 aromatic rings. The van der Waals surface area contributed by atoms with Crippen molar-refractivity contribution in [2.75, 3.05) is 63.2 Å². The van der Waals surface area contributed by atoms with Crippen LogP contribution in [0.3, 0.4) is 0 Å². The van der Waals surface area contributed by atoms with Crippen LogP contribution in [-0.2, 0) is 9.47 Å². The molecule has 0 amide bonds. The molecule has 0 saturated carbocycles. The van der Waals surface area contributed by atoms with Crippen LogP contribution in [0.1, 0.15) is 18.7 Å². The van der Waals surface area contributed by atoms with E-state index in [9.17, 15) is 0 Å². The van der Waals surface area contributed by atoms with Gasteiger partial charge in [0.25, 0.3) is 0 Å². The van der Waals surface area contributed by atoms with Gasteiger partial charge in [-0.25, -0.2) is 9.97 Å². The standard InChI is InChI=1S/C16H27N5O2/c1-13-19-15(17-4-5-21-6-9-22-10-7-21)11-16(20-13)18-12-14-3-2-8-23-14/h11,14H,2-10,12H2,1H3,(H2,17,18,19,20). The Hall–Kier alpha value is -1.44. The zero-order valence-corrected chi connectivity index (χ0v) is 13.9. The molecule has 2 aliphatic heterocycles. The van der Waals surface area contributed by atoms with E-state index in [0.717, 1.165) is 82.8 Å².